The Hall–Kier alpha value is -0.153. The topological polar surface area (TPSA) is 26.3 Å². The Morgan fingerprint density at radius 1 is 1.43 bits per heavy atom. The van der Waals surface area contributed by atoms with Gasteiger partial charge in [-0.1, -0.05) is 27.7 Å². The van der Waals surface area contributed by atoms with E-state index in [4.69, 9.17) is 4.43 Å². The van der Waals surface area contributed by atoms with Crippen molar-refractivity contribution in [2.75, 3.05) is 0 Å². The fraction of sp³-hybridized carbons (Fsp3) is 0.909. The first-order valence-corrected chi connectivity index (χ1v) is 6.82. The van der Waals surface area contributed by atoms with Crippen LogP contribution < -0.4 is 0 Å². The first kappa shape index (κ1) is 11.9. The maximum absolute atomic E-state index is 10.8. The summed E-state index contributed by atoms with van der Waals surface area (Å²) in [5, 5.41) is 0.302. The largest absolute Gasteiger partial charge is 0.414 e. The molecule has 1 atom stereocenters. The average Bonchev–Trinajstić information content (AvgIpc) is 2.89. The van der Waals surface area contributed by atoms with Gasteiger partial charge in [-0.2, -0.15) is 0 Å². The molecule has 1 fully saturated rings. The first-order chi connectivity index (χ1) is 6.47. The van der Waals surface area contributed by atoms with E-state index in [2.05, 4.69) is 27.7 Å². The van der Waals surface area contributed by atoms with Crippen LogP contribution in [0.5, 0.6) is 0 Å². The minimum absolute atomic E-state index is 0.0836. The molecule has 0 amide bonds. The van der Waals surface area contributed by atoms with Gasteiger partial charge in [-0.05, 0) is 29.7 Å². The summed E-state index contributed by atoms with van der Waals surface area (Å²) in [4.78, 5) is 10.8. The predicted octanol–water partition coefficient (Wildman–Crippen LogP) is 1.92. The summed E-state index contributed by atoms with van der Waals surface area (Å²) < 4.78 is 5.81. The van der Waals surface area contributed by atoms with Crippen LogP contribution in [0.3, 0.4) is 0 Å². The Morgan fingerprint density at radius 3 is 2.36 bits per heavy atom. The van der Waals surface area contributed by atoms with Gasteiger partial charge in [-0.25, -0.2) is 0 Å². The molecule has 0 bridgehead atoms. The molecule has 0 aromatic rings. The zero-order valence-corrected chi connectivity index (χ0v) is 11.2. The van der Waals surface area contributed by atoms with Gasteiger partial charge in [-0.15, -0.1) is 0 Å². The molecular formula is C11H22O2Si. The zero-order chi connectivity index (χ0) is 10.8. The van der Waals surface area contributed by atoms with E-state index in [-0.39, 0.29) is 6.10 Å². The van der Waals surface area contributed by atoms with Crippen LogP contribution in [0.1, 0.15) is 40.5 Å². The maximum atomic E-state index is 10.8. The fourth-order valence-electron chi connectivity index (χ4n) is 1.19. The van der Waals surface area contributed by atoms with Gasteiger partial charge in [0.05, 0.1) is 0 Å². The second-order valence-electron chi connectivity index (χ2n) is 5.39. The number of carbonyl (C=O) groups excluding carboxylic acids is 1. The monoisotopic (exact) mass is 214 g/mol. The van der Waals surface area contributed by atoms with Crippen molar-refractivity contribution >= 4 is 16.0 Å². The molecule has 0 N–H and O–H groups in total. The highest BCUT2D eigenvalue weighted by Crippen LogP contribution is 2.37. The maximum Gasteiger partial charge on any atom is 0.168 e. The Morgan fingerprint density at radius 2 is 2.00 bits per heavy atom. The smallest absolute Gasteiger partial charge is 0.168 e. The van der Waals surface area contributed by atoms with Crippen LogP contribution in [0.15, 0.2) is 0 Å². The molecule has 0 aliphatic heterocycles. The van der Waals surface area contributed by atoms with Gasteiger partial charge >= 0.3 is 0 Å². The molecule has 14 heavy (non-hydrogen) atoms. The molecule has 0 spiro atoms. The molecule has 0 radical (unpaired) electrons. The van der Waals surface area contributed by atoms with Crippen LogP contribution in [-0.2, 0) is 9.22 Å². The van der Waals surface area contributed by atoms with E-state index in [1.807, 2.05) is 0 Å². The zero-order valence-electron chi connectivity index (χ0n) is 9.75. The number of hydrogen-bond acceptors (Lipinski definition) is 2. The molecule has 1 aliphatic carbocycles. The molecule has 1 saturated carbocycles. The van der Waals surface area contributed by atoms with E-state index in [0.29, 0.717) is 16.9 Å². The number of aldehydes is 1. The summed E-state index contributed by atoms with van der Waals surface area (Å²) in [6.45, 7) is 8.95. The number of carbonyl (C=O) groups is 1. The highest BCUT2D eigenvalue weighted by Gasteiger charge is 2.33. The Bertz CT molecular complexity index is 197. The molecule has 0 heterocycles. The lowest BCUT2D eigenvalue weighted by Gasteiger charge is -2.29. The number of hydrogen-bond donors (Lipinski definition) is 0. The normalized spacial score (nSPS) is 20.6. The second-order valence-corrected chi connectivity index (χ2v) is 7.84. The van der Waals surface area contributed by atoms with Gasteiger partial charge in [0.1, 0.15) is 12.4 Å². The molecule has 0 aromatic heterocycles. The van der Waals surface area contributed by atoms with Crippen LogP contribution in [0.25, 0.3) is 0 Å². The SMILES string of the molecule is CC(C)C(C)(C)[SiH2]OC(C=O)C1CC1. The third-order valence-electron chi connectivity index (χ3n) is 3.43. The molecule has 82 valence electrons. The predicted molar refractivity (Wildman–Crippen MR) is 61.1 cm³/mol. The van der Waals surface area contributed by atoms with Crippen molar-refractivity contribution in [3.05, 3.63) is 0 Å². The second kappa shape index (κ2) is 4.58. The van der Waals surface area contributed by atoms with Crippen LogP contribution in [0.4, 0.5) is 0 Å². The first-order valence-electron chi connectivity index (χ1n) is 5.54. The van der Waals surface area contributed by atoms with Crippen molar-refractivity contribution in [1.82, 2.24) is 0 Å². The van der Waals surface area contributed by atoms with Gasteiger partial charge in [0.25, 0.3) is 0 Å². The summed E-state index contributed by atoms with van der Waals surface area (Å²) in [5.41, 5.74) is 0. The summed E-state index contributed by atoms with van der Waals surface area (Å²) in [6, 6.07) is 0. The Balaban J connectivity index is 2.33. The van der Waals surface area contributed by atoms with Gasteiger partial charge in [0, 0.05) is 0 Å². The van der Waals surface area contributed by atoms with Crippen LogP contribution in [-0.4, -0.2) is 22.2 Å². The average molecular weight is 214 g/mol. The third kappa shape index (κ3) is 3.21. The van der Waals surface area contributed by atoms with Crippen molar-refractivity contribution in [2.24, 2.45) is 11.8 Å². The molecule has 2 nitrogen and oxygen atoms in total. The van der Waals surface area contributed by atoms with Crippen LogP contribution in [0, 0.1) is 11.8 Å². The Labute approximate surface area is 89.4 Å². The molecule has 1 aliphatic rings. The van der Waals surface area contributed by atoms with E-state index in [0.717, 1.165) is 6.29 Å². The van der Waals surface area contributed by atoms with E-state index in [1.165, 1.54) is 12.8 Å². The molecule has 1 rings (SSSR count). The van der Waals surface area contributed by atoms with Crippen molar-refractivity contribution in [1.29, 1.82) is 0 Å². The van der Waals surface area contributed by atoms with Gasteiger partial charge in [-0.3, -0.25) is 0 Å². The van der Waals surface area contributed by atoms with Crippen molar-refractivity contribution in [3.8, 4) is 0 Å². The van der Waals surface area contributed by atoms with Crippen LogP contribution in [0.2, 0.25) is 5.04 Å². The Kier molecular flexibility index (Phi) is 3.90. The summed E-state index contributed by atoms with van der Waals surface area (Å²) in [7, 11) is -0.601. The fourth-order valence-corrected chi connectivity index (χ4v) is 2.49. The van der Waals surface area contributed by atoms with Gasteiger partial charge < -0.3 is 9.22 Å². The molecule has 0 saturated heterocycles. The molecule has 1 unspecified atom stereocenters. The summed E-state index contributed by atoms with van der Waals surface area (Å²) in [6.07, 6.45) is 3.28. The van der Waals surface area contributed by atoms with Crippen molar-refractivity contribution < 1.29 is 9.22 Å². The van der Waals surface area contributed by atoms with Crippen molar-refractivity contribution in [2.45, 2.75) is 51.7 Å². The lowest BCUT2D eigenvalue weighted by molar-refractivity contribution is -0.114. The standard InChI is InChI=1S/C11H22O2Si/c1-8(2)11(3,4)14-13-10(7-12)9-5-6-9/h7-10H,5-6,14H2,1-4H3. The molecule has 0 aromatic carbocycles. The highest BCUT2D eigenvalue weighted by molar-refractivity contribution is 6.32. The lowest BCUT2D eigenvalue weighted by atomic mass is 9.99. The quantitative estimate of drug-likeness (QED) is 0.499. The van der Waals surface area contributed by atoms with Crippen molar-refractivity contribution in [3.63, 3.8) is 0 Å². The number of rotatable bonds is 6. The van der Waals surface area contributed by atoms with E-state index in [1.54, 1.807) is 0 Å². The van der Waals surface area contributed by atoms with E-state index >= 15 is 0 Å². The highest BCUT2D eigenvalue weighted by atomic mass is 28.2. The van der Waals surface area contributed by atoms with Gasteiger partial charge in [0.2, 0.25) is 0 Å². The summed E-state index contributed by atoms with van der Waals surface area (Å²) in [5.74, 6) is 1.18. The minimum Gasteiger partial charge on any atom is -0.414 e. The molecular weight excluding hydrogens is 192 g/mol. The van der Waals surface area contributed by atoms with E-state index in [9.17, 15) is 4.79 Å². The minimum atomic E-state index is -0.601. The lowest BCUT2D eigenvalue weighted by Crippen LogP contribution is -2.28. The third-order valence-corrected chi connectivity index (χ3v) is 5.54. The van der Waals surface area contributed by atoms with E-state index < -0.39 is 9.76 Å². The summed E-state index contributed by atoms with van der Waals surface area (Å²) >= 11 is 0. The van der Waals surface area contributed by atoms with Gasteiger partial charge in [0.15, 0.2) is 9.76 Å². The molecule has 3 heteroatoms. The van der Waals surface area contributed by atoms with Crippen LogP contribution >= 0.6 is 0 Å².